The van der Waals surface area contributed by atoms with E-state index in [2.05, 4.69) is 15.1 Å². The molecule has 0 fully saturated rings. The summed E-state index contributed by atoms with van der Waals surface area (Å²) in [7, 11) is 1.46. The van der Waals surface area contributed by atoms with Crippen LogP contribution >= 0.6 is 0 Å². The van der Waals surface area contributed by atoms with Crippen molar-refractivity contribution in [2.24, 2.45) is 0 Å². The maximum Gasteiger partial charge on any atom is 0.299 e. The maximum atomic E-state index is 11.8. The van der Waals surface area contributed by atoms with Crippen LogP contribution in [0.4, 0.5) is 0 Å². The zero-order valence-electron chi connectivity index (χ0n) is 9.80. The molecule has 0 amide bonds. The van der Waals surface area contributed by atoms with Gasteiger partial charge in [0, 0.05) is 18.7 Å². The van der Waals surface area contributed by atoms with Crippen molar-refractivity contribution in [2.45, 2.75) is 20.4 Å². The second kappa shape index (κ2) is 4.36. The van der Waals surface area contributed by atoms with Gasteiger partial charge in [-0.3, -0.25) is 9.36 Å². The molecule has 7 heteroatoms. The van der Waals surface area contributed by atoms with Crippen LogP contribution in [0.1, 0.15) is 17.4 Å². The van der Waals surface area contributed by atoms with Gasteiger partial charge in [-0.15, -0.1) is 0 Å². The van der Waals surface area contributed by atoms with Gasteiger partial charge in [-0.05, 0) is 6.92 Å². The standard InChI is InChI=1S/C10H12N4O3/c1-6-4-9(15)14(10(11-6)16-3)5-8-12-7(2)17-13-8/h4H,5H2,1-3H3. The van der Waals surface area contributed by atoms with Gasteiger partial charge in [-0.25, -0.2) is 4.98 Å². The topological polar surface area (TPSA) is 83.0 Å². The summed E-state index contributed by atoms with van der Waals surface area (Å²) in [5.41, 5.74) is 0.393. The van der Waals surface area contributed by atoms with Gasteiger partial charge >= 0.3 is 0 Å². The molecule has 90 valence electrons. The second-order valence-corrected chi connectivity index (χ2v) is 3.54. The summed E-state index contributed by atoms with van der Waals surface area (Å²) < 4.78 is 11.2. The highest BCUT2D eigenvalue weighted by molar-refractivity contribution is 5.08. The number of methoxy groups -OCH3 is 1. The maximum absolute atomic E-state index is 11.8. The molecule has 7 nitrogen and oxygen atoms in total. The number of aryl methyl sites for hydroxylation is 2. The van der Waals surface area contributed by atoms with Gasteiger partial charge in [-0.2, -0.15) is 4.98 Å². The van der Waals surface area contributed by atoms with Crippen LogP contribution in [0.5, 0.6) is 6.01 Å². The largest absolute Gasteiger partial charge is 0.468 e. The first-order chi connectivity index (χ1) is 8.10. The average Bonchev–Trinajstić information content (AvgIpc) is 2.67. The van der Waals surface area contributed by atoms with E-state index >= 15 is 0 Å². The Kier molecular flexibility index (Phi) is 2.90. The highest BCUT2D eigenvalue weighted by Gasteiger charge is 2.11. The van der Waals surface area contributed by atoms with E-state index in [1.807, 2.05) is 0 Å². The molecule has 2 rings (SSSR count). The quantitative estimate of drug-likeness (QED) is 0.762. The smallest absolute Gasteiger partial charge is 0.299 e. The number of hydrogen-bond donors (Lipinski definition) is 0. The molecule has 0 aliphatic carbocycles. The van der Waals surface area contributed by atoms with Crippen molar-refractivity contribution in [3.05, 3.63) is 33.8 Å². The number of rotatable bonds is 3. The fourth-order valence-corrected chi connectivity index (χ4v) is 1.44. The lowest BCUT2D eigenvalue weighted by Crippen LogP contribution is -2.23. The van der Waals surface area contributed by atoms with Crippen molar-refractivity contribution in [3.63, 3.8) is 0 Å². The molecule has 0 radical (unpaired) electrons. The highest BCUT2D eigenvalue weighted by Crippen LogP contribution is 2.06. The molecular weight excluding hydrogens is 224 g/mol. The summed E-state index contributed by atoms with van der Waals surface area (Å²) in [6, 6.07) is 1.66. The van der Waals surface area contributed by atoms with Gasteiger partial charge in [0.05, 0.1) is 13.7 Å². The van der Waals surface area contributed by atoms with E-state index < -0.39 is 0 Å². The summed E-state index contributed by atoms with van der Waals surface area (Å²) in [5.74, 6) is 0.862. The van der Waals surface area contributed by atoms with Crippen LogP contribution in [0.25, 0.3) is 0 Å². The number of hydrogen-bond acceptors (Lipinski definition) is 6. The number of ether oxygens (including phenoxy) is 1. The van der Waals surface area contributed by atoms with E-state index in [0.717, 1.165) is 0 Å². The first kappa shape index (κ1) is 11.3. The molecule has 0 aliphatic rings. The molecule has 0 aromatic carbocycles. The summed E-state index contributed by atoms with van der Waals surface area (Å²) in [6.45, 7) is 3.59. The molecule has 0 aliphatic heterocycles. The van der Waals surface area contributed by atoms with Gasteiger partial charge in [0.15, 0.2) is 5.82 Å². The number of aromatic nitrogens is 4. The Morgan fingerprint density at radius 1 is 1.41 bits per heavy atom. The van der Waals surface area contributed by atoms with Crippen LogP contribution in [0.2, 0.25) is 0 Å². The molecule has 0 saturated heterocycles. The molecule has 0 unspecified atom stereocenters. The molecule has 2 aromatic heterocycles. The van der Waals surface area contributed by atoms with Gasteiger partial charge < -0.3 is 9.26 Å². The Hall–Kier alpha value is -2.18. The SMILES string of the molecule is COc1nc(C)cc(=O)n1Cc1noc(C)n1. The zero-order valence-corrected chi connectivity index (χ0v) is 9.80. The Labute approximate surface area is 97.1 Å². The van der Waals surface area contributed by atoms with Gasteiger partial charge in [0.1, 0.15) is 0 Å². The first-order valence-corrected chi connectivity index (χ1v) is 5.02. The Balaban J connectivity index is 2.41. The molecule has 0 saturated carbocycles. The van der Waals surface area contributed by atoms with E-state index in [1.165, 1.54) is 17.7 Å². The normalized spacial score (nSPS) is 10.5. The zero-order chi connectivity index (χ0) is 12.4. The van der Waals surface area contributed by atoms with Crippen molar-refractivity contribution in [1.29, 1.82) is 0 Å². The first-order valence-electron chi connectivity index (χ1n) is 5.02. The fourth-order valence-electron chi connectivity index (χ4n) is 1.44. The molecule has 17 heavy (non-hydrogen) atoms. The lowest BCUT2D eigenvalue weighted by atomic mass is 10.4. The third-order valence-electron chi connectivity index (χ3n) is 2.15. The van der Waals surface area contributed by atoms with Crippen LogP contribution in [0.3, 0.4) is 0 Å². The Bertz CT molecular complexity index is 587. The summed E-state index contributed by atoms with van der Waals surface area (Å²) >= 11 is 0. The summed E-state index contributed by atoms with van der Waals surface area (Å²) in [6.07, 6.45) is 0. The lowest BCUT2D eigenvalue weighted by molar-refractivity contribution is 0.345. The lowest BCUT2D eigenvalue weighted by Gasteiger charge is -2.08. The highest BCUT2D eigenvalue weighted by atomic mass is 16.5. The molecule has 0 atom stereocenters. The second-order valence-electron chi connectivity index (χ2n) is 3.54. The molecular formula is C10H12N4O3. The van der Waals surface area contributed by atoms with Crippen LogP contribution < -0.4 is 10.3 Å². The van der Waals surface area contributed by atoms with E-state index in [4.69, 9.17) is 9.26 Å². The van der Waals surface area contributed by atoms with Crippen molar-refractivity contribution in [2.75, 3.05) is 7.11 Å². The van der Waals surface area contributed by atoms with Crippen molar-refractivity contribution in [3.8, 4) is 6.01 Å². The molecule has 2 heterocycles. The number of nitrogens with zero attached hydrogens (tertiary/aromatic N) is 4. The van der Waals surface area contributed by atoms with E-state index in [-0.39, 0.29) is 18.1 Å². The molecule has 0 N–H and O–H groups in total. The fraction of sp³-hybridized carbons (Fsp3) is 0.400. The van der Waals surface area contributed by atoms with Crippen LogP contribution in [0.15, 0.2) is 15.4 Å². The van der Waals surface area contributed by atoms with E-state index in [1.54, 1.807) is 13.8 Å². The Morgan fingerprint density at radius 3 is 2.76 bits per heavy atom. The van der Waals surface area contributed by atoms with Crippen LogP contribution in [-0.4, -0.2) is 26.8 Å². The van der Waals surface area contributed by atoms with E-state index in [0.29, 0.717) is 17.4 Å². The molecule has 0 bridgehead atoms. The summed E-state index contributed by atoms with van der Waals surface area (Å²) in [4.78, 5) is 19.9. The van der Waals surface area contributed by atoms with Crippen LogP contribution in [-0.2, 0) is 6.54 Å². The predicted molar refractivity (Wildman–Crippen MR) is 57.9 cm³/mol. The third-order valence-corrected chi connectivity index (χ3v) is 2.15. The van der Waals surface area contributed by atoms with Gasteiger partial charge in [-0.1, -0.05) is 5.16 Å². The predicted octanol–water partition coefficient (Wildman–Crippen LogP) is 0.300. The Morgan fingerprint density at radius 2 is 2.18 bits per heavy atom. The summed E-state index contributed by atoms with van der Waals surface area (Å²) in [5, 5.41) is 3.72. The van der Waals surface area contributed by atoms with Crippen molar-refractivity contribution < 1.29 is 9.26 Å². The minimum absolute atomic E-state index is 0.173. The van der Waals surface area contributed by atoms with Gasteiger partial charge in [0.2, 0.25) is 5.89 Å². The average molecular weight is 236 g/mol. The van der Waals surface area contributed by atoms with Crippen molar-refractivity contribution in [1.82, 2.24) is 19.7 Å². The van der Waals surface area contributed by atoms with Crippen LogP contribution in [0, 0.1) is 13.8 Å². The van der Waals surface area contributed by atoms with Gasteiger partial charge in [0.25, 0.3) is 11.6 Å². The molecule has 2 aromatic rings. The molecule has 0 spiro atoms. The third kappa shape index (κ3) is 2.32. The minimum atomic E-state index is -0.211. The van der Waals surface area contributed by atoms with E-state index in [9.17, 15) is 4.79 Å². The van der Waals surface area contributed by atoms with Crippen molar-refractivity contribution >= 4 is 0 Å². The minimum Gasteiger partial charge on any atom is -0.468 e. The monoisotopic (exact) mass is 236 g/mol.